The van der Waals surface area contributed by atoms with E-state index in [1.807, 2.05) is 52.0 Å². The number of cyclic esters (lactones) is 1. The van der Waals surface area contributed by atoms with E-state index in [-0.39, 0.29) is 107 Å². The van der Waals surface area contributed by atoms with Gasteiger partial charge in [0, 0.05) is 38.4 Å². The highest BCUT2D eigenvalue weighted by Crippen LogP contribution is 2.45. The van der Waals surface area contributed by atoms with Gasteiger partial charge in [0.1, 0.15) is 30.9 Å². The Kier molecular flexibility index (Phi) is 17.4. The van der Waals surface area contributed by atoms with Crippen molar-refractivity contribution in [2.24, 2.45) is 29.1 Å². The summed E-state index contributed by atoms with van der Waals surface area (Å²) in [5.74, 6) is -1.12. The molecule has 17 heteroatoms. The number of allylic oxidation sites excluding steroid dienone is 3. The highest BCUT2D eigenvalue weighted by Gasteiger charge is 2.45. The lowest BCUT2D eigenvalue weighted by Crippen LogP contribution is -2.58. The molecule has 2 aromatic rings. The van der Waals surface area contributed by atoms with Gasteiger partial charge in [-0.05, 0) is 66.1 Å². The number of nitrogens with zero attached hydrogens (tertiary/aromatic N) is 2. The smallest absolute Gasteiger partial charge is 0.407 e. The molecule has 2 aliphatic carbocycles. The molecular weight excluding hydrogens is 855 g/mol. The highest BCUT2D eigenvalue weighted by atomic mass is 32.1. The zero-order valence-corrected chi connectivity index (χ0v) is 39.3. The molecule has 0 radical (unpaired) electrons. The summed E-state index contributed by atoms with van der Waals surface area (Å²) in [5.41, 5.74) is 5.11. The number of β-amino-alcohol motifs (C(OH)–C–C–N with tert-alkyl or cyclic N) is 1. The van der Waals surface area contributed by atoms with E-state index in [4.69, 9.17) is 18.9 Å². The number of hydrogen-bond acceptors (Lipinski definition) is 13. The second-order valence-electron chi connectivity index (χ2n) is 19.0. The quantitative estimate of drug-likeness (QED) is 0.103. The summed E-state index contributed by atoms with van der Waals surface area (Å²) in [5, 5.41) is 29.1. The summed E-state index contributed by atoms with van der Waals surface area (Å²) < 4.78 is 22.7. The Balaban J connectivity index is 0.892. The molecule has 3 heterocycles. The van der Waals surface area contributed by atoms with Crippen LogP contribution in [0.15, 0.2) is 53.6 Å². The molecule has 16 nitrogen and oxygen atoms in total. The predicted octanol–water partition coefficient (Wildman–Crippen LogP) is 4.61. The van der Waals surface area contributed by atoms with E-state index in [2.05, 4.69) is 53.0 Å². The summed E-state index contributed by atoms with van der Waals surface area (Å²) >= 11 is 1.57. The average Bonchev–Trinajstić information content (AvgIpc) is 3.86. The lowest BCUT2D eigenvalue weighted by atomic mass is 9.65. The van der Waals surface area contributed by atoms with Crippen molar-refractivity contribution in [3.05, 3.63) is 64.8 Å². The van der Waals surface area contributed by atoms with Crippen molar-refractivity contribution in [2.45, 2.75) is 123 Å². The molecular formula is C48H67N5O11S. The summed E-state index contributed by atoms with van der Waals surface area (Å²) in [6.07, 6.45) is 6.43. The fourth-order valence-corrected chi connectivity index (χ4v) is 10.2. The summed E-state index contributed by atoms with van der Waals surface area (Å²) in [6, 6.07) is 5.93. The number of aryl methyl sites for hydroxylation is 1. The molecule has 1 aromatic carbocycles. The molecule has 0 saturated carbocycles. The third-order valence-electron chi connectivity index (χ3n) is 12.7. The Bertz CT molecular complexity index is 2030. The monoisotopic (exact) mass is 921 g/mol. The number of likely N-dealkylation sites (tertiary alicyclic amines) is 1. The molecule has 4 aliphatic rings. The number of nitrogens with one attached hydrogen (secondary N) is 3. The summed E-state index contributed by atoms with van der Waals surface area (Å²) in [6.45, 7) is 12.2. The molecule has 2 saturated heterocycles. The number of thiazole rings is 1. The van der Waals surface area contributed by atoms with E-state index >= 15 is 0 Å². The molecule has 0 bridgehead atoms. The number of carbonyl (C=O) groups is 5. The van der Waals surface area contributed by atoms with Gasteiger partial charge >= 0.3 is 12.1 Å². The zero-order valence-electron chi connectivity index (χ0n) is 38.5. The standard InChI is InChI=1S/C48H67N5O11S/c1-28-19-33-10-7-29(2)37(14-13-36-21-34(54)23-41(57)63-36)42(33)39(20-28)64-47(60)49-15-16-61-17-18-62-26-40(56)52-44(48(4,5)6)46(59)53-25-35(55)22-38(53)45(58)50-24-31-8-11-32(12-9-31)43-30(3)51-27-65-43/h7-12,19,27-29,34-39,42,44,54-55H,13-18,20-26H2,1-6H3,(H,49,60)(H,50,58)(H,52,56)/t28-,29-,34+,35+,36+,37-,38-,39-,42-,44+/m0/s1. The van der Waals surface area contributed by atoms with Crippen LogP contribution in [0, 0.1) is 36.0 Å². The number of carbonyl (C=O) groups excluding carboxylic acids is 5. The lowest BCUT2D eigenvalue weighted by molar-refractivity contribution is -0.160. The maximum Gasteiger partial charge on any atom is 0.407 e. The minimum atomic E-state index is -0.995. The number of benzene rings is 1. The number of fused-ring (bicyclic) bond motifs is 1. The molecule has 5 N–H and O–H groups in total. The Hall–Kier alpha value is -4.68. The van der Waals surface area contributed by atoms with Crippen molar-refractivity contribution in [2.75, 3.05) is 39.5 Å². The van der Waals surface area contributed by atoms with Gasteiger partial charge in [-0.1, -0.05) is 77.1 Å². The molecule has 356 valence electrons. The van der Waals surface area contributed by atoms with Crippen LogP contribution in [0.5, 0.6) is 0 Å². The highest BCUT2D eigenvalue weighted by molar-refractivity contribution is 7.13. The second-order valence-corrected chi connectivity index (χ2v) is 19.9. The number of aliphatic hydroxyl groups excluding tert-OH is 2. The van der Waals surface area contributed by atoms with Crippen molar-refractivity contribution in [3.63, 3.8) is 0 Å². The van der Waals surface area contributed by atoms with Gasteiger partial charge in [-0.25, -0.2) is 9.78 Å². The molecule has 4 amide bonds. The van der Waals surface area contributed by atoms with Crippen molar-refractivity contribution in [1.82, 2.24) is 25.8 Å². The van der Waals surface area contributed by atoms with E-state index in [1.165, 1.54) is 4.90 Å². The van der Waals surface area contributed by atoms with E-state index in [0.717, 1.165) is 33.7 Å². The van der Waals surface area contributed by atoms with Crippen LogP contribution in [0.1, 0.15) is 84.4 Å². The van der Waals surface area contributed by atoms with E-state index in [1.54, 1.807) is 16.8 Å². The molecule has 6 rings (SSSR count). The Morgan fingerprint density at radius 3 is 2.45 bits per heavy atom. The third-order valence-corrected chi connectivity index (χ3v) is 13.7. The normalized spacial score (nSPS) is 27.0. The first-order valence-electron chi connectivity index (χ1n) is 22.9. The largest absolute Gasteiger partial charge is 0.462 e. The number of ether oxygens (including phenoxy) is 4. The number of amides is 4. The number of alkyl carbamates (subject to hydrolysis) is 1. The summed E-state index contributed by atoms with van der Waals surface area (Å²) in [7, 11) is 0. The molecule has 2 fully saturated rings. The van der Waals surface area contributed by atoms with Crippen molar-refractivity contribution < 1.29 is 53.1 Å². The topological polar surface area (TPSA) is 215 Å². The fourth-order valence-electron chi connectivity index (χ4n) is 9.41. The molecule has 65 heavy (non-hydrogen) atoms. The first-order chi connectivity index (χ1) is 31.0. The van der Waals surface area contributed by atoms with E-state index < -0.39 is 47.6 Å². The van der Waals surface area contributed by atoms with Gasteiger partial charge in [-0.2, -0.15) is 0 Å². The van der Waals surface area contributed by atoms with Gasteiger partial charge in [0.15, 0.2) is 0 Å². The Morgan fingerprint density at radius 1 is 0.985 bits per heavy atom. The summed E-state index contributed by atoms with van der Waals surface area (Å²) in [4.78, 5) is 72.1. The van der Waals surface area contributed by atoms with Crippen molar-refractivity contribution >= 4 is 41.1 Å². The van der Waals surface area contributed by atoms with Crippen molar-refractivity contribution in [1.29, 1.82) is 0 Å². The van der Waals surface area contributed by atoms with E-state index in [9.17, 15) is 34.2 Å². The average molecular weight is 922 g/mol. The number of rotatable bonds is 18. The SMILES string of the molecule is Cc1ncsc1-c1ccc(CNC(=O)[C@@H]2C[C@@H](O)CN2C(=O)[C@@H](NC(=O)COCCOCCNC(=O)O[C@H]2C[C@@H](C)C=C3C=C[C@H](C)[C@H](CC[C@@H]4C[C@@H](O)CC(=O)O4)[C@H]32)C(C)(C)C)cc1. The van der Waals surface area contributed by atoms with Crippen LogP contribution < -0.4 is 16.0 Å². The minimum absolute atomic E-state index is 0.0000579. The van der Waals surface area contributed by atoms with Gasteiger partial charge < -0.3 is 50.0 Å². The van der Waals surface area contributed by atoms with Crippen LogP contribution >= 0.6 is 11.3 Å². The number of aliphatic hydroxyl groups is 2. The van der Waals surface area contributed by atoms with Crippen LogP contribution in [0.4, 0.5) is 4.79 Å². The van der Waals surface area contributed by atoms with Gasteiger partial charge in [0.2, 0.25) is 17.7 Å². The zero-order chi connectivity index (χ0) is 46.8. The molecule has 1 aromatic heterocycles. The van der Waals surface area contributed by atoms with Crippen LogP contribution in [0.25, 0.3) is 10.4 Å². The number of aromatic nitrogens is 1. The molecule has 2 aliphatic heterocycles. The van der Waals surface area contributed by atoms with E-state index in [0.29, 0.717) is 19.3 Å². The molecule has 0 spiro atoms. The van der Waals surface area contributed by atoms with Crippen LogP contribution in [0.3, 0.4) is 0 Å². The molecule has 10 atom stereocenters. The van der Waals surface area contributed by atoms with Crippen LogP contribution in [0.2, 0.25) is 0 Å². The van der Waals surface area contributed by atoms with Crippen LogP contribution in [-0.4, -0.2) is 126 Å². The van der Waals surface area contributed by atoms with Crippen molar-refractivity contribution in [3.8, 4) is 10.4 Å². The maximum absolute atomic E-state index is 14.0. The first kappa shape index (κ1) is 49.7. The third kappa shape index (κ3) is 13.7. The fraction of sp³-hybridized carbons (Fsp3) is 0.625. The van der Waals surface area contributed by atoms with Gasteiger partial charge in [-0.3, -0.25) is 19.2 Å². The van der Waals surface area contributed by atoms with Gasteiger partial charge in [-0.15, -0.1) is 11.3 Å². The maximum atomic E-state index is 14.0. The number of esters is 1. The minimum Gasteiger partial charge on any atom is -0.462 e. The first-order valence-corrected chi connectivity index (χ1v) is 23.8. The Morgan fingerprint density at radius 2 is 1.74 bits per heavy atom. The van der Waals surface area contributed by atoms with Crippen LogP contribution in [-0.2, 0) is 44.7 Å². The number of hydrogen-bond donors (Lipinski definition) is 5. The lowest BCUT2D eigenvalue weighted by Gasteiger charge is -2.43. The van der Waals surface area contributed by atoms with Gasteiger partial charge in [0.05, 0.1) is 54.5 Å². The Labute approximate surface area is 385 Å². The predicted molar refractivity (Wildman–Crippen MR) is 243 cm³/mol. The van der Waals surface area contributed by atoms with Gasteiger partial charge in [0.25, 0.3) is 0 Å². The molecule has 0 unspecified atom stereocenters. The second kappa shape index (κ2) is 22.7.